The van der Waals surface area contributed by atoms with Gasteiger partial charge in [0, 0.05) is 13.1 Å². The monoisotopic (exact) mass is 251 g/mol. The fraction of sp³-hybridized carbons (Fsp3) is 0.500. The predicted molar refractivity (Wildman–Crippen MR) is 70.3 cm³/mol. The number of esters is 1. The molecule has 0 amide bonds. The zero-order chi connectivity index (χ0) is 13.2. The standard InChI is InChI=1S/C14H21NO3/c1-3-18-14(16)11-17-9-8-15-10-13-6-4-12(2)5-7-13/h4-7,15H,3,8-11H2,1-2H3. The lowest BCUT2D eigenvalue weighted by Crippen LogP contribution is -2.21. The molecule has 0 radical (unpaired) electrons. The molecule has 0 aliphatic rings. The van der Waals surface area contributed by atoms with Gasteiger partial charge in [0.2, 0.25) is 0 Å². The van der Waals surface area contributed by atoms with Gasteiger partial charge in [-0.2, -0.15) is 0 Å². The molecule has 1 aromatic rings. The van der Waals surface area contributed by atoms with Crippen LogP contribution in [0.25, 0.3) is 0 Å². The van der Waals surface area contributed by atoms with Crippen molar-refractivity contribution in [2.75, 3.05) is 26.4 Å². The van der Waals surface area contributed by atoms with Crippen molar-refractivity contribution in [3.05, 3.63) is 35.4 Å². The van der Waals surface area contributed by atoms with E-state index in [2.05, 4.69) is 36.5 Å². The average molecular weight is 251 g/mol. The minimum absolute atomic E-state index is 0.0278. The molecule has 0 fully saturated rings. The molecule has 0 aliphatic heterocycles. The van der Waals surface area contributed by atoms with Gasteiger partial charge in [0.25, 0.3) is 0 Å². The fourth-order valence-electron chi connectivity index (χ4n) is 1.44. The number of rotatable bonds is 8. The summed E-state index contributed by atoms with van der Waals surface area (Å²) in [6.07, 6.45) is 0. The van der Waals surface area contributed by atoms with E-state index < -0.39 is 0 Å². The lowest BCUT2D eigenvalue weighted by atomic mass is 10.1. The highest BCUT2D eigenvalue weighted by molar-refractivity contribution is 5.70. The Bertz CT molecular complexity index is 349. The van der Waals surface area contributed by atoms with Crippen LogP contribution in [0.15, 0.2) is 24.3 Å². The zero-order valence-corrected chi connectivity index (χ0v) is 11.1. The molecular weight excluding hydrogens is 230 g/mol. The quantitative estimate of drug-likeness (QED) is 0.564. The maximum Gasteiger partial charge on any atom is 0.332 e. The van der Waals surface area contributed by atoms with Crippen molar-refractivity contribution in [3.8, 4) is 0 Å². The van der Waals surface area contributed by atoms with Crippen molar-refractivity contribution in [2.24, 2.45) is 0 Å². The molecule has 0 unspecified atom stereocenters. The first-order chi connectivity index (χ1) is 8.72. The molecule has 100 valence electrons. The van der Waals surface area contributed by atoms with E-state index in [1.54, 1.807) is 6.92 Å². The van der Waals surface area contributed by atoms with Crippen molar-refractivity contribution >= 4 is 5.97 Å². The molecule has 1 rings (SSSR count). The van der Waals surface area contributed by atoms with E-state index in [1.165, 1.54) is 11.1 Å². The summed E-state index contributed by atoms with van der Waals surface area (Å²) in [6, 6.07) is 8.38. The molecule has 0 heterocycles. The van der Waals surface area contributed by atoms with Crippen molar-refractivity contribution in [1.82, 2.24) is 5.32 Å². The van der Waals surface area contributed by atoms with E-state index in [0.29, 0.717) is 19.8 Å². The summed E-state index contributed by atoms with van der Waals surface area (Å²) in [5, 5.41) is 3.25. The van der Waals surface area contributed by atoms with Gasteiger partial charge in [-0.3, -0.25) is 0 Å². The van der Waals surface area contributed by atoms with Gasteiger partial charge in [-0.25, -0.2) is 4.79 Å². The van der Waals surface area contributed by atoms with E-state index in [-0.39, 0.29) is 12.6 Å². The predicted octanol–water partition coefficient (Wildman–Crippen LogP) is 1.66. The number of hydrogen-bond donors (Lipinski definition) is 1. The number of ether oxygens (including phenoxy) is 2. The van der Waals surface area contributed by atoms with Gasteiger partial charge in [-0.1, -0.05) is 29.8 Å². The van der Waals surface area contributed by atoms with E-state index in [1.807, 2.05) is 0 Å². The molecule has 0 spiro atoms. The number of aryl methyl sites for hydroxylation is 1. The van der Waals surface area contributed by atoms with Crippen LogP contribution >= 0.6 is 0 Å². The summed E-state index contributed by atoms with van der Waals surface area (Å²) in [5.41, 5.74) is 2.50. The smallest absolute Gasteiger partial charge is 0.332 e. The lowest BCUT2D eigenvalue weighted by Gasteiger charge is -2.06. The molecule has 0 aromatic heterocycles. The Hall–Kier alpha value is -1.39. The summed E-state index contributed by atoms with van der Waals surface area (Å²) in [4.78, 5) is 11.0. The summed E-state index contributed by atoms with van der Waals surface area (Å²) >= 11 is 0. The molecule has 0 aliphatic carbocycles. The van der Waals surface area contributed by atoms with Crippen LogP contribution in [0.2, 0.25) is 0 Å². The Labute approximate surface area is 108 Å². The van der Waals surface area contributed by atoms with Crippen molar-refractivity contribution < 1.29 is 14.3 Å². The van der Waals surface area contributed by atoms with Gasteiger partial charge >= 0.3 is 5.97 Å². The van der Waals surface area contributed by atoms with Crippen LogP contribution in [-0.4, -0.2) is 32.3 Å². The normalized spacial score (nSPS) is 10.3. The minimum Gasteiger partial charge on any atom is -0.464 e. The SMILES string of the molecule is CCOC(=O)COCCNCc1ccc(C)cc1. The van der Waals surface area contributed by atoms with Crippen molar-refractivity contribution in [3.63, 3.8) is 0 Å². The molecule has 4 nitrogen and oxygen atoms in total. The Morgan fingerprint density at radius 3 is 2.67 bits per heavy atom. The van der Waals surface area contributed by atoms with Gasteiger partial charge in [0.05, 0.1) is 13.2 Å². The van der Waals surface area contributed by atoms with Gasteiger partial charge in [-0.05, 0) is 19.4 Å². The van der Waals surface area contributed by atoms with Crippen LogP contribution in [-0.2, 0) is 20.8 Å². The molecule has 1 N–H and O–H groups in total. The van der Waals surface area contributed by atoms with Crippen LogP contribution in [0, 0.1) is 6.92 Å². The Morgan fingerprint density at radius 2 is 2.00 bits per heavy atom. The Morgan fingerprint density at radius 1 is 1.28 bits per heavy atom. The van der Waals surface area contributed by atoms with E-state index in [9.17, 15) is 4.79 Å². The molecule has 1 aromatic carbocycles. The molecule has 0 saturated carbocycles. The second kappa shape index (κ2) is 8.66. The zero-order valence-electron chi connectivity index (χ0n) is 11.1. The Kier molecular flexibility index (Phi) is 7.06. The number of hydrogen-bond acceptors (Lipinski definition) is 4. The summed E-state index contributed by atoms with van der Waals surface area (Å²) in [7, 11) is 0. The fourth-order valence-corrected chi connectivity index (χ4v) is 1.44. The third-order valence-corrected chi connectivity index (χ3v) is 2.40. The molecule has 0 saturated heterocycles. The van der Waals surface area contributed by atoms with Crippen LogP contribution in [0.5, 0.6) is 0 Å². The van der Waals surface area contributed by atoms with Crippen LogP contribution in [0.1, 0.15) is 18.1 Å². The third kappa shape index (κ3) is 6.37. The summed E-state index contributed by atoms with van der Waals surface area (Å²) < 4.78 is 9.91. The first-order valence-electron chi connectivity index (χ1n) is 6.22. The molecule has 0 atom stereocenters. The molecule has 18 heavy (non-hydrogen) atoms. The third-order valence-electron chi connectivity index (χ3n) is 2.40. The van der Waals surface area contributed by atoms with Crippen LogP contribution in [0.4, 0.5) is 0 Å². The first kappa shape index (κ1) is 14.7. The number of carbonyl (C=O) groups is 1. The van der Waals surface area contributed by atoms with Gasteiger partial charge in [0.15, 0.2) is 0 Å². The first-order valence-corrected chi connectivity index (χ1v) is 6.22. The second-order valence-corrected chi connectivity index (χ2v) is 4.02. The van der Waals surface area contributed by atoms with E-state index >= 15 is 0 Å². The van der Waals surface area contributed by atoms with Crippen LogP contribution in [0.3, 0.4) is 0 Å². The second-order valence-electron chi connectivity index (χ2n) is 4.02. The van der Waals surface area contributed by atoms with Gasteiger partial charge in [0.1, 0.15) is 6.61 Å². The number of nitrogens with one attached hydrogen (secondary N) is 1. The highest BCUT2D eigenvalue weighted by Gasteiger charge is 2.00. The van der Waals surface area contributed by atoms with E-state index in [4.69, 9.17) is 9.47 Å². The van der Waals surface area contributed by atoms with E-state index in [0.717, 1.165) is 6.54 Å². The number of carbonyl (C=O) groups excluding carboxylic acids is 1. The van der Waals surface area contributed by atoms with Crippen LogP contribution < -0.4 is 5.32 Å². The average Bonchev–Trinajstić information content (AvgIpc) is 2.36. The summed E-state index contributed by atoms with van der Waals surface area (Å²) in [6.45, 7) is 6.30. The van der Waals surface area contributed by atoms with Crippen molar-refractivity contribution in [2.45, 2.75) is 20.4 Å². The van der Waals surface area contributed by atoms with Gasteiger partial charge < -0.3 is 14.8 Å². The maximum atomic E-state index is 11.0. The number of benzene rings is 1. The molecule has 4 heteroatoms. The molecule has 0 bridgehead atoms. The minimum atomic E-state index is -0.309. The van der Waals surface area contributed by atoms with Crippen molar-refractivity contribution in [1.29, 1.82) is 0 Å². The highest BCUT2D eigenvalue weighted by atomic mass is 16.6. The van der Waals surface area contributed by atoms with Gasteiger partial charge in [-0.15, -0.1) is 0 Å². The maximum absolute atomic E-state index is 11.0. The topological polar surface area (TPSA) is 47.6 Å². The Balaban J connectivity index is 2.02. The highest BCUT2D eigenvalue weighted by Crippen LogP contribution is 2.01. The lowest BCUT2D eigenvalue weighted by molar-refractivity contribution is -0.148. The molecular formula is C14H21NO3. The largest absolute Gasteiger partial charge is 0.464 e. The summed E-state index contributed by atoms with van der Waals surface area (Å²) in [5.74, 6) is -0.309.